The first kappa shape index (κ1) is 23.9. The van der Waals surface area contributed by atoms with Crippen molar-refractivity contribution in [3.05, 3.63) is 70.3 Å². The first-order valence-corrected chi connectivity index (χ1v) is 10.6. The highest BCUT2D eigenvalue weighted by molar-refractivity contribution is 5.57. The van der Waals surface area contributed by atoms with Gasteiger partial charge in [-0.15, -0.1) is 0 Å². The Kier molecular flexibility index (Phi) is 11.9. The lowest BCUT2D eigenvalue weighted by molar-refractivity contribution is 0.626. The van der Waals surface area contributed by atoms with Crippen molar-refractivity contribution < 1.29 is 4.39 Å². The third-order valence-electron chi connectivity index (χ3n) is 4.81. The molecule has 0 heterocycles. The molecule has 0 aliphatic rings. The lowest BCUT2D eigenvalue weighted by Crippen LogP contribution is -2.19. The Bertz CT molecular complexity index is 694. The van der Waals surface area contributed by atoms with Gasteiger partial charge < -0.3 is 5.32 Å². The maximum absolute atomic E-state index is 13.0. The number of aryl methyl sites for hydroxylation is 1. The number of aliphatic imine (C=N–C) groups is 1. The second-order valence-electron chi connectivity index (χ2n) is 7.10. The molecule has 1 aromatic rings. The van der Waals surface area contributed by atoms with Crippen LogP contribution in [0.2, 0.25) is 0 Å². The summed E-state index contributed by atoms with van der Waals surface area (Å²) in [5.41, 5.74) is 5.90. The van der Waals surface area contributed by atoms with Crippen molar-refractivity contribution in [2.75, 3.05) is 6.54 Å². The second kappa shape index (κ2) is 13.9. The highest BCUT2D eigenvalue weighted by Gasteiger charge is 2.09. The average molecular weight is 385 g/mol. The number of hydrogen-bond donors (Lipinski definition) is 1. The Balaban J connectivity index is 2.88. The largest absolute Gasteiger partial charge is 0.385 e. The van der Waals surface area contributed by atoms with Crippen LogP contribution in [-0.2, 0) is 6.42 Å². The van der Waals surface area contributed by atoms with Crippen molar-refractivity contribution in [1.82, 2.24) is 5.32 Å². The molecule has 28 heavy (non-hydrogen) atoms. The van der Waals surface area contributed by atoms with Crippen LogP contribution >= 0.6 is 0 Å². The standard InChI is InChI=1S/C25H37FN2/c1-6-9-10-11-14-24(21(5)27-8-3)25(20(4)7-2)28-19-12-13-22-15-17-23(26)18-16-22/h8,11,14-18,28H,6-7,9-10,12-13,19H2,1-5H3/b14-11-,24-21-,25-20?,27-8?. The smallest absolute Gasteiger partial charge is 0.123 e. The first-order chi connectivity index (χ1) is 13.5. The van der Waals surface area contributed by atoms with Gasteiger partial charge in [0.1, 0.15) is 5.82 Å². The molecule has 0 atom stereocenters. The van der Waals surface area contributed by atoms with Crippen molar-refractivity contribution >= 4 is 6.21 Å². The SMILES string of the molecule is CC=N/C(C)=C(/C=C\CCCC)C(NCCCc1ccc(F)cc1)=C(C)CC. The number of benzene rings is 1. The number of halogens is 1. The van der Waals surface area contributed by atoms with Crippen molar-refractivity contribution in [3.63, 3.8) is 0 Å². The van der Waals surface area contributed by atoms with E-state index in [1.807, 2.05) is 25.3 Å². The van der Waals surface area contributed by atoms with Crippen LogP contribution < -0.4 is 5.32 Å². The number of allylic oxidation sites excluding steroid dienone is 4. The lowest BCUT2D eigenvalue weighted by Gasteiger charge is -2.17. The molecule has 2 nitrogen and oxygen atoms in total. The molecule has 0 fully saturated rings. The van der Waals surface area contributed by atoms with Crippen LogP contribution in [0.15, 0.2) is 64.0 Å². The van der Waals surface area contributed by atoms with Gasteiger partial charge >= 0.3 is 0 Å². The third-order valence-corrected chi connectivity index (χ3v) is 4.81. The van der Waals surface area contributed by atoms with Crippen molar-refractivity contribution in [2.45, 2.75) is 73.1 Å². The number of nitrogens with one attached hydrogen (secondary N) is 1. The molecule has 0 saturated heterocycles. The zero-order valence-corrected chi connectivity index (χ0v) is 18.3. The minimum Gasteiger partial charge on any atom is -0.385 e. The van der Waals surface area contributed by atoms with Crippen molar-refractivity contribution in [3.8, 4) is 0 Å². The Morgan fingerprint density at radius 3 is 2.43 bits per heavy atom. The molecule has 0 spiro atoms. The van der Waals surface area contributed by atoms with Crippen molar-refractivity contribution in [1.29, 1.82) is 0 Å². The van der Waals surface area contributed by atoms with Crippen LogP contribution in [0.4, 0.5) is 4.39 Å². The zero-order chi connectivity index (χ0) is 20.8. The molecule has 3 heteroatoms. The Labute approximate surface area is 171 Å². The summed E-state index contributed by atoms with van der Waals surface area (Å²) < 4.78 is 13.0. The third kappa shape index (κ3) is 8.69. The van der Waals surface area contributed by atoms with E-state index in [4.69, 9.17) is 0 Å². The zero-order valence-electron chi connectivity index (χ0n) is 18.3. The predicted octanol–water partition coefficient (Wildman–Crippen LogP) is 7.14. The summed E-state index contributed by atoms with van der Waals surface area (Å²) in [5, 5.41) is 3.65. The lowest BCUT2D eigenvalue weighted by atomic mass is 10.0. The van der Waals surface area contributed by atoms with E-state index in [1.54, 1.807) is 0 Å². The van der Waals surface area contributed by atoms with Gasteiger partial charge in [0.25, 0.3) is 0 Å². The summed E-state index contributed by atoms with van der Waals surface area (Å²) in [7, 11) is 0. The van der Waals surface area contributed by atoms with E-state index in [0.717, 1.165) is 37.9 Å². The van der Waals surface area contributed by atoms with Crippen LogP contribution in [-0.4, -0.2) is 12.8 Å². The maximum atomic E-state index is 13.0. The van der Waals surface area contributed by atoms with Crippen LogP contribution in [0.3, 0.4) is 0 Å². The fourth-order valence-corrected chi connectivity index (χ4v) is 2.98. The normalized spacial score (nSPS) is 13.8. The first-order valence-electron chi connectivity index (χ1n) is 10.6. The maximum Gasteiger partial charge on any atom is 0.123 e. The molecule has 0 aliphatic carbocycles. The van der Waals surface area contributed by atoms with E-state index >= 15 is 0 Å². The van der Waals surface area contributed by atoms with Gasteiger partial charge in [0.15, 0.2) is 0 Å². The highest BCUT2D eigenvalue weighted by atomic mass is 19.1. The number of rotatable bonds is 12. The predicted molar refractivity (Wildman–Crippen MR) is 121 cm³/mol. The Morgan fingerprint density at radius 2 is 1.82 bits per heavy atom. The second-order valence-corrected chi connectivity index (χ2v) is 7.10. The molecule has 0 unspecified atom stereocenters. The molecule has 1 aromatic carbocycles. The topological polar surface area (TPSA) is 24.4 Å². The van der Waals surface area contributed by atoms with Gasteiger partial charge in [-0.25, -0.2) is 4.39 Å². The van der Waals surface area contributed by atoms with E-state index < -0.39 is 0 Å². The van der Waals surface area contributed by atoms with Gasteiger partial charge in [-0.05, 0) is 69.7 Å². The molecular weight excluding hydrogens is 347 g/mol. The van der Waals surface area contributed by atoms with E-state index in [9.17, 15) is 4.39 Å². The van der Waals surface area contributed by atoms with Gasteiger partial charge in [0, 0.05) is 29.7 Å². The molecule has 0 bridgehead atoms. The average Bonchev–Trinajstić information content (AvgIpc) is 2.70. The molecule has 0 saturated carbocycles. The Hall–Kier alpha value is -2.16. The van der Waals surface area contributed by atoms with Crippen LogP contribution in [0.5, 0.6) is 0 Å². The summed E-state index contributed by atoms with van der Waals surface area (Å²) in [6.07, 6.45) is 12.8. The minimum absolute atomic E-state index is 0.178. The molecule has 0 aromatic heterocycles. The number of hydrogen-bond acceptors (Lipinski definition) is 2. The summed E-state index contributed by atoms with van der Waals surface area (Å²) in [6.45, 7) is 11.5. The summed E-state index contributed by atoms with van der Waals surface area (Å²) >= 11 is 0. The molecule has 0 radical (unpaired) electrons. The van der Waals surface area contributed by atoms with E-state index in [2.05, 4.69) is 50.2 Å². The summed E-state index contributed by atoms with van der Waals surface area (Å²) in [4.78, 5) is 4.54. The highest BCUT2D eigenvalue weighted by Crippen LogP contribution is 2.21. The van der Waals surface area contributed by atoms with Crippen LogP contribution in [0.25, 0.3) is 0 Å². The quantitative estimate of drug-likeness (QED) is 0.231. The van der Waals surface area contributed by atoms with Crippen LogP contribution in [0.1, 0.15) is 72.3 Å². The fourth-order valence-electron chi connectivity index (χ4n) is 2.98. The number of unbranched alkanes of at least 4 members (excludes halogenated alkanes) is 2. The summed E-state index contributed by atoms with van der Waals surface area (Å²) in [6, 6.07) is 6.79. The molecule has 0 amide bonds. The summed E-state index contributed by atoms with van der Waals surface area (Å²) in [5.74, 6) is -0.178. The monoisotopic (exact) mass is 384 g/mol. The molecular formula is C25H37FN2. The molecule has 154 valence electrons. The minimum atomic E-state index is -0.178. The van der Waals surface area contributed by atoms with E-state index in [1.165, 1.54) is 47.4 Å². The van der Waals surface area contributed by atoms with Gasteiger partial charge in [-0.1, -0.05) is 51.0 Å². The molecule has 0 aliphatic heterocycles. The number of nitrogens with zero attached hydrogens (tertiary/aromatic N) is 1. The van der Waals surface area contributed by atoms with Gasteiger partial charge in [0.05, 0.1) is 0 Å². The van der Waals surface area contributed by atoms with E-state index in [0.29, 0.717) is 0 Å². The van der Waals surface area contributed by atoms with Gasteiger partial charge in [-0.3, -0.25) is 4.99 Å². The van der Waals surface area contributed by atoms with Crippen LogP contribution in [0, 0.1) is 5.82 Å². The van der Waals surface area contributed by atoms with Crippen molar-refractivity contribution in [2.24, 2.45) is 4.99 Å². The molecule has 1 N–H and O–H groups in total. The van der Waals surface area contributed by atoms with Gasteiger partial charge in [0.2, 0.25) is 0 Å². The Morgan fingerprint density at radius 1 is 1.11 bits per heavy atom. The van der Waals surface area contributed by atoms with E-state index in [-0.39, 0.29) is 5.82 Å². The molecule has 1 rings (SSSR count). The fraction of sp³-hybridized carbons (Fsp3) is 0.480. The van der Waals surface area contributed by atoms with Gasteiger partial charge in [-0.2, -0.15) is 0 Å².